The van der Waals surface area contributed by atoms with Gasteiger partial charge in [0.2, 0.25) is 5.91 Å². The number of allylic oxidation sites excluding steroid dienone is 1. The molecule has 4 rings (SSSR count). The summed E-state index contributed by atoms with van der Waals surface area (Å²) < 4.78 is 0. The smallest absolute Gasteiger partial charge is 0.251 e. The van der Waals surface area contributed by atoms with Crippen LogP contribution in [0, 0.1) is 5.92 Å². The van der Waals surface area contributed by atoms with Crippen LogP contribution < -0.4 is 15.5 Å². The number of rotatable bonds is 5. The lowest BCUT2D eigenvalue weighted by atomic mass is 10.1. The van der Waals surface area contributed by atoms with Gasteiger partial charge < -0.3 is 15.5 Å². The molecule has 1 saturated carbocycles. The van der Waals surface area contributed by atoms with Gasteiger partial charge in [0.25, 0.3) is 5.91 Å². The molecule has 0 atom stereocenters. The molecular formula is C23H26N4O2. The Bertz CT molecular complexity index is 1000. The summed E-state index contributed by atoms with van der Waals surface area (Å²) in [7, 11) is 0. The van der Waals surface area contributed by atoms with Crippen LogP contribution in [-0.4, -0.2) is 23.3 Å². The number of pyridine rings is 1. The van der Waals surface area contributed by atoms with Crippen molar-refractivity contribution in [2.75, 3.05) is 22.1 Å². The van der Waals surface area contributed by atoms with E-state index in [9.17, 15) is 9.59 Å². The van der Waals surface area contributed by atoms with E-state index >= 15 is 0 Å². The van der Waals surface area contributed by atoms with E-state index in [4.69, 9.17) is 0 Å². The van der Waals surface area contributed by atoms with Gasteiger partial charge in [-0.3, -0.25) is 9.59 Å². The third-order valence-corrected chi connectivity index (χ3v) is 5.59. The monoisotopic (exact) mass is 390 g/mol. The van der Waals surface area contributed by atoms with Gasteiger partial charge in [-0.25, -0.2) is 4.98 Å². The molecule has 2 N–H and O–H groups in total. The van der Waals surface area contributed by atoms with E-state index < -0.39 is 0 Å². The average Bonchev–Trinajstić information content (AvgIpc) is 3.47. The molecule has 1 aliphatic carbocycles. The lowest BCUT2D eigenvalue weighted by Crippen LogP contribution is -2.19. The molecule has 0 unspecified atom stereocenters. The fraction of sp³-hybridized carbons (Fsp3) is 0.348. The minimum absolute atomic E-state index is 0.0432. The molecule has 1 aromatic heterocycles. The van der Waals surface area contributed by atoms with Crippen LogP contribution in [-0.2, 0) is 16.0 Å². The topological polar surface area (TPSA) is 74.3 Å². The van der Waals surface area contributed by atoms with Crippen LogP contribution in [0.15, 0.2) is 47.7 Å². The molecule has 0 saturated heterocycles. The summed E-state index contributed by atoms with van der Waals surface area (Å²) in [5, 5.41) is 5.98. The van der Waals surface area contributed by atoms with Crippen LogP contribution in [0.25, 0.3) is 0 Å². The number of nitrogens with zero attached hydrogens (tertiary/aromatic N) is 2. The Morgan fingerprint density at radius 3 is 2.62 bits per heavy atom. The lowest BCUT2D eigenvalue weighted by molar-refractivity contribution is -0.117. The van der Waals surface area contributed by atoms with E-state index in [1.807, 2.05) is 45.0 Å². The van der Waals surface area contributed by atoms with Crippen molar-refractivity contribution in [3.8, 4) is 0 Å². The summed E-state index contributed by atoms with van der Waals surface area (Å²) in [6.45, 7) is 6.52. The number of carbonyl (C=O) groups excluding carboxylic acids is 2. The van der Waals surface area contributed by atoms with Crippen molar-refractivity contribution in [3.63, 3.8) is 0 Å². The van der Waals surface area contributed by atoms with Crippen molar-refractivity contribution < 1.29 is 9.59 Å². The number of carbonyl (C=O) groups is 2. The summed E-state index contributed by atoms with van der Waals surface area (Å²) in [5.41, 5.74) is 5.67. The van der Waals surface area contributed by atoms with Crippen LogP contribution >= 0.6 is 0 Å². The maximum atomic E-state index is 12.6. The summed E-state index contributed by atoms with van der Waals surface area (Å²) in [4.78, 5) is 31.2. The molecule has 6 heteroatoms. The number of benzene rings is 1. The second kappa shape index (κ2) is 7.70. The van der Waals surface area contributed by atoms with E-state index in [0.29, 0.717) is 5.82 Å². The second-order valence-electron chi connectivity index (χ2n) is 7.96. The van der Waals surface area contributed by atoms with Crippen LogP contribution in [0.2, 0.25) is 0 Å². The minimum Gasteiger partial charge on any atom is -0.339 e. The van der Waals surface area contributed by atoms with Gasteiger partial charge in [0.1, 0.15) is 5.82 Å². The molecule has 6 nitrogen and oxygen atoms in total. The third-order valence-electron chi connectivity index (χ3n) is 5.59. The van der Waals surface area contributed by atoms with E-state index in [0.717, 1.165) is 54.0 Å². The zero-order valence-corrected chi connectivity index (χ0v) is 17.1. The lowest BCUT2D eigenvalue weighted by Gasteiger charge is -2.23. The normalized spacial score (nSPS) is 14.9. The van der Waals surface area contributed by atoms with Gasteiger partial charge in [-0.1, -0.05) is 17.7 Å². The number of amides is 2. The first-order valence-electron chi connectivity index (χ1n) is 10.1. The van der Waals surface area contributed by atoms with Crippen molar-refractivity contribution in [2.24, 2.45) is 5.92 Å². The van der Waals surface area contributed by atoms with E-state index in [2.05, 4.69) is 26.6 Å². The maximum absolute atomic E-state index is 12.6. The fourth-order valence-electron chi connectivity index (χ4n) is 3.49. The van der Waals surface area contributed by atoms with Gasteiger partial charge in [-0.05, 0) is 57.7 Å². The second-order valence-corrected chi connectivity index (χ2v) is 7.96. The van der Waals surface area contributed by atoms with Gasteiger partial charge in [0.15, 0.2) is 0 Å². The highest BCUT2D eigenvalue weighted by Gasteiger charge is 2.30. The predicted molar refractivity (Wildman–Crippen MR) is 115 cm³/mol. The number of para-hydroxylation sites is 1. The third kappa shape index (κ3) is 4.01. The highest BCUT2D eigenvalue weighted by molar-refractivity contribution is 6.06. The molecule has 2 heterocycles. The zero-order valence-electron chi connectivity index (χ0n) is 17.1. The molecule has 2 aliphatic rings. The number of hydrogen-bond donors (Lipinski definition) is 2. The maximum Gasteiger partial charge on any atom is 0.251 e. The first-order valence-corrected chi connectivity index (χ1v) is 10.1. The van der Waals surface area contributed by atoms with Crippen LogP contribution in [0.1, 0.15) is 39.2 Å². The molecule has 2 amide bonds. The Morgan fingerprint density at radius 1 is 1.10 bits per heavy atom. The number of nitrogens with one attached hydrogen (secondary N) is 2. The summed E-state index contributed by atoms with van der Waals surface area (Å²) >= 11 is 0. The molecule has 0 bridgehead atoms. The van der Waals surface area contributed by atoms with Crippen molar-refractivity contribution >= 4 is 34.7 Å². The van der Waals surface area contributed by atoms with E-state index in [1.165, 1.54) is 5.56 Å². The Hall–Kier alpha value is -3.15. The summed E-state index contributed by atoms with van der Waals surface area (Å²) in [5.74, 6) is 0.654. The van der Waals surface area contributed by atoms with Crippen LogP contribution in [0.3, 0.4) is 0 Å². The molecule has 150 valence electrons. The quantitative estimate of drug-likeness (QED) is 0.741. The fourth-order valence-corrected chi connectivity index (χ4v) is 3.49. The molecule has 29 heavy (non-hydrogen) atoms. The van der Waals surface area contributed by atoms with Crippen LogP contribution in [0.5, 0.6) is 0 Å². The first-order chi connectivity index (χ1) is 13.9. The summed E-state index contributed by atoms with van der Waals surface area (Å²) in [6.07, 6.45) is 4.52. The minimum atomic E-state index is -0.0858. The van der Waals surface area contributed by atoms with E-state index in [-0.39, 0.29) is 17.7 Å². The Kier molecular flexibility index (Phi) is 5.09. The van der Waals surface area contributed by atoms with Crippen molar-refractivity contribution in [1.29, 1.82) is 0 Å². The number of aromatic nitrogens is 1. The van der Waals surface area contributed by atoms with Crippen molar-refractivity contribution in [1.82, 2.24) is 4.98 Å². The largest absolute Gasteiger partial charge is 0.339 e. The Balaban J connectivity index is 1.62. The zero-order chi connectivity index (χ0) is 20.5. The number of anilines is 4. The molecule has 1 fully saturated rings. The van der Waals surface area contributed by atoms with Gasteiger partial charge in [-0.2, -0.15) is 0 Å². The SMILES string of the molecule is CC(C)=C(C)C(=O)Nc1cccc2c1N(c1ccnc(NC(=O)C3CC3)c1)CC2. The highest BCUT2D eigenvalue weighted by atomic mass is 16.2. The Labute approximate surface area is 171 Å². The van der Waals surface area contributed by atoms with Gasteiger partial charge in [0.05, 0.1) is 11.4 Å². The van der Waals surface area contributed by atoms with Gasteiger partial charge >= 0.3 is 0 Å². The van der Waals surface area contributed by atoms with Crippen molar-refractivity contribution in [2.45, 2.75) is 40.0 Å². The summed E-state index contributed by atoms with van der Waals surface area (Å²) in [6, 6.07) is 9.83. The molecule has 0 radical (unpaired) electrons. The molecule has 1 aliphatic heterocycles. The van der Waals surface area contributed by atoms with Crippen molar-refractivity contribution in [3.05, 3.63) is 53.2 Å². The molecule has 0 spiro atoms. The molecular weight excluding hydrogens is 364 g/mol. The number of hydrogen-bond acceptors (Lipinski definition) is 4. The van der Waals surface area contributed by atoms with E-state index in [1.54, 1.807) is 6.20 Å². The predicted octanol–water partition coefficient (Wildman–Crippen LogP) is 4.42. The van der Waals surface area contributed by atoms with Crippen LogP contribution in [0.4, 0.5) is 22.9 Å². The molecule has 2 aromatic rings. The van der Waals surface area contributed by atoms with Gasteiger partial charge in [-0.15, -0.1) is 0 Å². The standard InChI is InChI=1S/C23H26N4O2/c1-14(2)15(3)22(28)25-19-6-4-5-16-10-12-27(21(16)19)18-9-11-24-20(13-18)26-23(29)17-7-8-17/h4-6,9,11,13,17H,7-8,10,12H2,1-3H3,(H,25,28)(H,24,26,29). The molecule has 1 aromatic carbocycles. The highest BCUT2D eigenvalue weighted by Crippen LogP contribution is 2.41. The Morgan fingerprint density at radius 2 is 1.90 bits per heavy atom. The number of fused-ring (bicyclic) bond motifs is 1. The van der Waals surface area contributed by atoms with Gasteiger partial charge in [0, 0.05) is 36.0 Å². The first kappa shape index (κ1) is 19.2. The average molecular weight is 390 g/mol.